The number of nitrogens with zero attached hydrogens (tertiary/aromatic N) is 7. The van der Waals surface area contributed by atoms with Crippen molar-refractivity contribution in [2.24, 2.45) is 0 Å². The van der Waals surface area contributed by atoms with Crippen LogP contribution in [-0.4, -0.2) is 54.2 Å². The number of likely N-dealkylation sites (tertiary alicyclic amines) is 1. The Morgan fingerprint density at radius 1 is 1.28 bits per heavy atom. The first-order chi connectivity index (χ1) is 12.2. The summed E-state index contributed by atoms with van der Waals surface area (Å²) in [6, 6.07) is 7.30. The highest BCUT2D eigenvalue weighted by Gasteiger charge is 2.27. The first kappa shape index (κ1) is 15.4. The van der Waals surface area contributed by atoms with Gasteiger partial charge >= 0.3 is 0 Å². The van der Waals surface area contributed by atoms with Crippen LogP contribution in [0.2, 0.25) is 0 Å². The van der Waals surface area contributed by atoms with Crippen molar-refractivity contribution in [3.05, 3.63) is 47.9 Å². The van der Waals surface area contributed by atoms with Gasteiger partial charge in [-0.3, -0.25) is 4.79 Å². The largest absolute Gasteiger partial charge is 0.339 e. The second-order valence-corrected chi connectivity index (χ2v) is 6.05. The summed E-state index contributed by atoms with van der Waals surface area (Å²) in [5, 5.41) is 14.9. The predicted molar refractivity (Wildman–Crippen MR) is 86.1 cm³/mol. The van der Waals surface area contributed by atoms with Crippen LogP contribution in [0.5, 0.6) is 0 Å². The van der Waals surface area contributed by atoms with Crippen molar-refractivity contribution < 1.29 is 9.32 Å². The van der Waals surface area contributed by atoms with Gasteiger partial charge in [0.25, 0.3) is 5.91 Å². The average molecular weight is 339 g/mol. The number of hydrogen-bond acceptors (Lipinski definition) is 7. The molecule has 0 saturated carbocycles. The van der Waals surface area contributed by atoms with Gasteiger partial charge in [0, 0.05) is 24.6 Å². The van der Waals surface area contributed by atoms with E-state index in [0.29, 0.717) is 30.4 Å². The van der Waals surface area contributed by atoms with Crippen molar-refractivity contribution in [2.75, 3.05) is 13.1 Å². The maximum Gasteiger partial charge on any atom is 0.253 e. The van der Waals surface area contributed by atoms with Crippen LogP contribution >= 0.6 is 0 Å². The third kappa shape index (κ3) is 3.12. The Bertz CT molecular complexity index is 866. The van der Waals surface area contributed by atoms with Gasteiger partial charge in [0.15, 0.2) is 5.82 Å². The summed E-state index contributed by atoms with van der Waals surface area (Å²) in [5.41, 5.74) is 1.38. The number of tetrazole rings is 1. The lowest BCUT2D eigenvalue weighted by Crippen LogP contribution is -2.38. The molecule has 0 unspecified atom stereocenters. The third-order valence-electron chi connectivity index (χ3n) is 4.38. The van der Waals surface area contributed by atoms with E-state index in [1.165, 1.54) is 11.0 Å². The van der Waals surface area contributed by atoms with E-state index in [1.54, 1.807) is 6.07 Å². The van der Waals surface area contributed by atoms with Gasteiger partial charge in [-0.05, 0) is 48.4 Å². The molecule has 1 aromatic carbocycles. The fraction of sp³-hybridized carbons (Fsp3) is 0.375. The number of piperidine rings is 1. The molecule has 25 heavy (non-hydrogen) atoms. The van der Waals surface area contributed by atoms with Crippen molar-refractivity contribution in [2.45, 2.75) is 25.7 Å². The zero-order chi connectivity index (χ0) is 17.2. The molecule has 1 saturated heterocycles. The van der Waals surface area contributed by atoms with Crippen molar-refractivity contribution in [3.8, 4) is 5.69 Å². The molecule has 1 aliphatic heterocycles. The van der Waals surface area contributed by atoms with E-state index in [-0.39, 0.29) is 11.8 Å². The van der Waals surface area contributed by atoms with Gasteiger partial charge < -0.3 is 9.42 Å². The zero-order valence-corrected chi connectivity index (χ0v) is 13.7. The molecule has 0 bridgehead atoms. The summed E-state index contributed by atoms with van der Waals surface area (Å²) in [5.74, 6) is 1.55. The Hall–Kier alpha value is -3.10. The van der Waals surface area contributed by atoms with E-state index in [1.807, 2.05) is 30.0 Å². The molecule has 128 valence electrons. The molecule has 1 aliphatic rings. The summed E-state index contributed by atoms with van der Waals surface area (Å²) in [4.78, 5) is 18.9. The second kappa shape index (κ2) is 6.42. The molecule has 0 atom stereocenters. The van der Waals surface area contributed by atoms with E-state index in [9.17, 15) is 4.79 Å². The first-order valence-corrected chi connectivity index (χ1v) is 8.13. The number of hydrogen-bond donors (Lipinski definition) is 0. The Balaban J connectivity index is 1.45. The summed E-state index contributed by atoms with van der Waals surface area (Å²) in [7, 11) is 0. The van der Waals surface area contributed by atoms with Gasteiger partial charge in [-0.25, -0.2) is 4.68 Å². The molecule has 1 fully saturated rings. The van der Waals surface area contributed by atoms with Gasteiger partial charge in [-0.1, -0.05) is 11.2 Å². The molecule has 3 heterocycles. The molecule has 0 aliphatic carbocycles. The topological polar surface area (TPSA) is 103 Å². The van der Waals surface area contributed by atoms with Gasteiger partial charge in [0.05, 0.1) is 5.69 Å². The fourth-order valence-electron chi connectivity index (χ4n) is 3.05. The number of amides is 1. The van der Waals surface area contributed by atoms with E-state index in [0.717, 1.165) is 18.5 Å². The standard InChI is InChI=1S/C16H17N7O2/c1-11-18-15(25-19-11)12-5-7-22(8-6-12)16(24)13-3-2-4-14(9-13)23-10-17-20-21-23/h2-4,9-10,12H,5-8H2,1H3. The van der Waals surface area contributed by atoms with Crippen LogP contribution in [0.3, 0.4) is 0 Å². The van der Waals surface area contributed by atoms with Gasteiger partial charge in [0.2, 0.25) is 5.89 Å². The summed E-state index contributed by atoms with van der Waals surface area (Å²) >= 11 is 0. The average Bonchev–Trinajstić information content (AvgIpc) is 3.33. The number of benzene rings is 1. The van der Waals surface area contributed by atoms with Crippen LogP contribution in [0.1, 0.15) is 40.8 Å². The zero-order valence-electron chi connectivity index (χ0n) is 13.7. The highest BCUT2D eigenvalue weighted by molar-refractivity contribution is 5.94. The lowest BCUT2D eigenvalue weighted by molar-refractivity contribution is 0.0704. The Morgan fingerprint density at radius 3 is 2.80 bits per heavy atom. The molecule has 4 rings (SSSR count). The second-order valence-electron chi connectivity index (χ2n) is 6.05. The number of carbonyl (C=O) groups excluding carboxylic acids is 1. The monoisotopic (exact) mass is 339 g/mol. The lowest BCUT2D eigenvalue weighted by atomic mass is 9.96. The van der Waals surface area contributed by atoms with Crippen LogP contribution in [0.15, 0.2) is 35.1 Å². The Kier molecular flexibility index (Phi) is 3.96. The van der Waals surface area contributed by atoms with Crippen molar-refractivity contribution in [3.63, 3.8) is 0 Å². The van der Waals surface area contributed by atoms with Crippen LogP contribution in [0, 0.1) is 6.92 Å². The number of aromatic nitrogens is 6. The lowest BCUT2D eigenvalue weighted by Gasteiger charge is -2.30. The maximum absolute atomic E-state index is 12.8. The molecule has 3 aromatic rings. The number of carbonyl (C=O) groups is 1. The smallest absolute Gasteiger partial charge is 0.253 e. The van der Waals surface area contributed by atoms with Gasteiger partial charge in [0.1, 0.15) is 6.33 Å². The van der Waals surface area contributed by atoms with Gasteiger partial charge in [-0.15, -0.1) is 5.10 Å². The number of rotatable bonds is 3. The third-order valence-corrected chi connectivity index (χ3v) is 4.38. The molecule has 2 aromatic heterocycles. The summed E-state index contributed by atoms with van der Waals surface area (Å²) in [6.07, 6.45) is 3.14. The molecule has 9 heteroatoms. The van der Waals surface area contributed by atoms with Crippen LogP contribution in [0.4, 0.5) is 0 Å². The first-order valence-electron chi connectivity index (χ1n) is 8.13. The SMILES string of the molecule is Cc1noc(C2CCN(C(=O)c3cccc(-n4cnnn4)c3)CC2)n1. The molecule has 0 N–H and O–H groups in total. The maximum atomic E-state index is 12.8. The van der Waals surface area contributed by atoms with E-state index < -0.39 is 0 Å². The minimum absolute atomic E-state index is 0.00934. The molecule has 1 amide bonds. The van der Waals surface area contributed by atoms with Crippen LogP contribution in [0.25, 0.3) is 5.69 Å². The van der Waals surface area contributed by atoms with Crippen molar-refractivity contribution >= 4 is 5.91 Å². The normalized spacial score (nSPS) is 15.5. The number of aryl methyl sites for hydroxylation is 1. The Morgan fingerprint density at radius 2 is 2.12 bits per heavy atom. The van der Waals surface area contributed by atoms with E-state index in [2.05, 4.69) is 25.7 Å². The van der Waals surface area contributed by atoms with Crippen molar-refractivity contribution in [1.82, 2.24) is 35.2 Å². The molecular formula is C16H17N7O2. The van der Waals surface area contributed by atoms with Crippen LogP contribution in [-0.2, 0) is 0 Å². The van der Waals surface area contributed by atoms with Gasteiger partial charge in [-0.2, -0.15) is 4.98 Å². The molecule has 0 radical (unpaired) electrons. The highest BCUT2D eigenvalue weighted by atomic mass is 16.5. The quantitative estimate of drug-likeness (QED) is 0.710. The summed E-state index contributed by atoms with van der Waals surface area (Å²) in [6.45, 7) is 3.14. The molecule has 9 nitrogen and oxygen atoms in total. The van der Waals surface area contributed by atoms with E-state index >= 15 is 0 Å². The minimum atomic E-state index is 0.00934. The molecular weight excluding hydrogens is 322 g/mol. The summed E-state index contributed by atoms with van der Waals surface area (Å²) < 4.78 is 6.78. The van der Waals surface area contributed by atoms with Crippen molar-refractivity contribution in [1.29, 1.82) is 0 Å². The fourth-order valence-corrected chi connectivity index (χ4v) is 3.05. The molecule has 0 spiro atoms. The minimum Gasteiger partial charge on any atom is -0.339 e. The van der Waals surface area contributed by atoms with Crippen LogP contribution < -0.4 is 0 Å². The highest BCUT2D eigenvalue weighted by Crippen LogP contribution is 2.27. The Labute approximate surface area is 143 Å². The van der Waals surface area contributed by atoms with E-state index in [4.69, 9.17) is 4.52 Å². The predicted octanol–water partition coefficient (Wildman–Crippen LogP) is 1.37.